The molecule has 1 fully saturated rings. The molecule has 1 saturated carbocycles. The molecule has 0 radical (unpaired) electrons. The maximum absolute atomic E-state index is 4.61. The summed E-state index contributed by atoms with van der Waals surface area (Å²) in [5.41, 5.74) is 1.13. The third-order valence-electron chi connectivity index (χ3n) is 3.42. The minimum absolute atomic E-state index is 0.547. The van der Waals surface area contributed by atoms with Gasteiger partial charge in [0.15, 0.2) is 0 Å². The van der Waals surface area contributed by atoms with E-state index in [9.17, 15) is 0 Å². The third-order valence-corrected chi connectivity index (χ3v) is 3.42. The Bertz CT molecular complexity index is 587. The number of nitrogens with zero attached hydrogens (tertiary/aromatic N) is 4. The summed E-state index contributed by atoms with van der Waals surface area (Å²) in [6.45, 7) is 3.65. The molecule has 6 nitrogen and oxygen atoms in total. The second-order valence-electron chi connectivity index (χ2n) is 5.10. The fourth-order valence-electron chi connectivity index (χ4n) is 2.11. The van der Waals surface area contributed by atoms with E-state index in [1.54, 1.807) is 6.20 Å². The molecule has 0 amide bonds. The van der Waals surface area contributed by atoms with Crippen molar-refractivity contribution in [1.82, 2.24) is 19.7 Å². The molecule has 0 spiro atoms. The van der Waals surface area contributed by atoms with Gasteiger partial charge in [0.25, 0.3) is 0 Å². The summed E-state index contributed by atoms with van der Waals surface area (Å²) in [6.07, 6.45) is 4.21. The lowest BCUT2D eigenvalue weighted by Gasteiger charge is -2.10. The Morgan fingerprint density at radius 1 is 1.25 bits per heavy atom. The molecule has 0 aromatic carbocycles. The summed E-state index contributed by atoms with van der Waals surface area (Å²) in [5.74, 6) is 3.28. The second kappa shape index (κ2) is 5.48. The van der Waals surface area contributed by atoms with Crippen LogP contribution in [0.4, 0.5) is 11.6 Å². The third kappa shape index (κ3) is 2.89. The van der Waals surface area contributed by atoms with E-state index >= 15 is 0 Å². The van der Waals surface area contributed by atoms with E-state index < -0.39 is 0 Å². The molecule has 2 heterocycles. The monoisotopic (exact) mass is 272 g/mol. The number of hydrogen-bond acceptors (Lipinski definition) is 5. The molecular weight excluding hydrogens is 252 g/mol. The van der Waals surface area contributed by atoms with Gasteiger partial charge in [-0.15, -0.1) is 0 Å². The van der Waals surface area contributed by atoms with Crippen LogP contribution < -0.4 is 10.6 Å². The summed E-state index contributed by atoms with van der Waals surface area (Å²) in [6, 6.07) is 3.97. The minimum Gasteiger partial charge on any atom is -0.370 e. The molecule has 0 aliphatic heterocycles. The maximum atomic E-state index is 4.61. The fourth-order valence-corrected chi connectivity index (χ4v) is 2.11. The van der Waals surface area contributed by atoms with Gasteiger partial charge in [-0.25, -0.2) is 9.97 Å². The minimum atomic E-state index is 0.547. The van der Waals surface area contributed by atoms with Crippen LogP contribution in [0.2, 0.25) is 0 Å². The summed E-state index contributed by atoms with van der Waals surface area (Å²) in [7, 11) is 1.94. The normalized spacial score (nSPS) is 14.3. The largest absolute Gasteiger partial charge is 0.370 e. The first-order chi connectivity index (χ1) is 9.76. The van der Waals surface area contributed by atoms with Gasteiger partial charge in [-0.3, -0.25) is 4.68 Å². The van der Waals surface area contributed by atoms with Crippen molar-refractivity contribution in [2.45, 2.75) is 32.2 Å². The highest BCUT2D eigenvalue weighted by atomic mass is 15.3. The molecular formula is C14H20N6. The molecule has 6 heteroatoms. The zero-order valence-electron chi connectivity index (χ0n) is 11.9. The molecule has 0 atom stereocenters. The van der Waals surface area contributed by atoms with E-state index in [0.29, 0.717) is 12.5 Å². The number of aryl methyl sites for hydroxylation is 1. The zero-order chi connectivity index (χ0) is 13.9. The van der Waals surface area contributed by atoms with E-state index in [4.69, 9.17) is 0 Å². The first-order valence-corrected chi connectivity index (χ1v) is 7.10. The van der Waals surface area contributed by atoms with E-state index in [1.807, 2.05) is 23.9 Å². The molecule has 1 aliphatic carbocycles. The summed E-state index contributed by atoms with van der Waals surface area (Å²) < 4.78 is 1.86. The average molecular weight is 272 g/mol. The number of nitrogens with one attached hydrogen (secondary N) is 2. The Labute approximate surface area is 118 Å². The van der Waals surface area contributed by atoms with Crippen molar-refractivity contribution in [3.8, 4) is 0 Å². The standard InChI is InChI=1S/C14H20N6/c1-3-15-12-8-13(19-14(18-12)10-4-5-10)16-9-11-6-7-17-20(11)2/h6-8,10H,3-5,9H2,1-2H3,(H2,15,16,18,19). The van der Waals surface area contributed by atoms with Crippen LogP contribution in [0.3, 0.4) is 0 Å². The number of rotatable bonds is 6. The quantitative estimate of drug-likeness (QED) is 0.843. The van der Waals surface area contributed by atoms with Crippen LogP contribution in [-0.4, -0.2) is 26.3 Å². The lowest BCUT2D eigenvalue weighted by molar-refractivity contribution is 0.719. The first-order valence-electron chi connectivity index (χ1n) is 7.10. The van der Waals surface area contributed by atoms with Crippen molar-refractivity contribution in [1.29, 1.82) is 0 Å². The summed E-state index contributed by atoms with van der Waals surface area (Å²) in [4.78, 5) is 9.18. The average Bonchev–Trinajstić information content (AvgIpc) is 3.21. The van der Waals surface area contributed by atoms with Crippen molar-refractivity contribution < 1.29 is 0 Å². The van der Waals surface area contributed by atoms with Crippen LogP contribution in [-0.2, 0) is 13.6 Å². The Morgan fingerprint density at radius 3 is 2.60 bits per heavy atom. The highest BCUT2D eigenvalue weighted by Gasteiger charge is 2.27. The van der Waals surface area contributed by atoms with E-state index in [-0.39, 0.29) is 0 Å². The van der Waals surface area contributed by atoms with Gasteiger partial charge in [0.05, 0.1) is 12.2 Å². The molecule has 1 aliphatic rings. The van der Waals surface area contributed by atoms with Crippen LogP contribution in [0.25, 0.3) is 0 Å². The molecule has 2 aromatic rings. The molecule has 0 saturated heterocycles. The first kappa shape index (κ1) is 12.9. The smallest absolute Gasteiger partial charge is 0.136 e. The molecule has 106 valence electrons. The van der Waals surface area contributed by atoms with Gasteiger partial charge >= 0.3 is 0 Å². The van der Waals surface area contributed by atoms with E-state index in [1.165, 1.54) is 12.8 Å². The molecule has 2 aromatic heterocycles. The topological polar surface area (TPSA) is 67.7 Å². The SMILES string of the molecule is CCNc1cc(NCc2ccnn2C)nc(C2CC2)n1. The lowest BCUT2D eigenvalue weighted by atomic mass is 10.3. The zero-order valence-corrected chi connectivity index (χ0v) is 11.9. The van der Waals surface area contributed by atoms with Gasteiger partial charge in [0, 0.05) is 31.8 Å². The van der Waals surface area contributed by atoms with Crippen LogP contribution in [0.15, 0.2) is 18.3 Å². The van der Waals surface area contributed by atoms with Gasteiger partial charge in [0.1, 0.15) is 17.5 Å². The molecule has 2 N–H and O–H groups in total. The van der Waals surface area contributed by atoms with E-state index in [0.717, 1.165) is 29.7 Å². The van der Waals surface area contributed by atoms with Crippen molar-refractivity contribution in [3.05, 3.63) is 29.8 Å². The number of hydrogen-bond donors (Lipinski definition) is 2. The van der Waals surface area contributed by atoms with Crippen molar-refractivity contribution in [2.24, 2.45) is 7.05 Å². The van der Waals surface area contributed by atoms with Crippen molar-refractivity contribution >= 4 is 11.6 Å². The summed E-state index contributed by atoms with van der Waals surface area (Å²) >= 11 is 0. The van der Waals surface area contributed by atoms with Gasteiger partial charge in [-0.2, -0.15) is 5.10 Å². The molecule has 3 rings (SSSR count). The van der Waals surface area contributed by atoms with Gasteiger partial charge in [0.2, 0.25) is 0 Å². The Kier molecular flexibility index (Phi) is 3.54. The number of aromatic nitrogens is 4. The Balaban J connectivity index is 1.75. The molecule has 0 unspecified atom stereocenters. The van der Waals surface area contributed by atoms with Crippen LogP contribution >= 0.6 is 0 Å². The van der Waals surface area contributed by atoms with Gasteiger partial charge < -0.3 is 10.6 Å². The van der Waals surface area contributed by atoms with Crippen LogP contribution in [0.1, 0.15) is 37.2 Å². The molecule has 20 heavy (non-hydrogen) atoms. The van der Waals surface area contributed by atoms with Crippen molar-refractivity contribution in [2.75, 3.05) is 17.2 Å². The highest BCUT2D eigenvalue weighted by Crippen LogP contribution is 2.38. The predicted octanol–water partition coefficient (Wildman–Crippen LogP) is 2.13. The van der Waals surface area contributed by atoms with Crippen molar-refractivity contribution in [3.63, 3.8) is 0 Å². The highest BCUT2D eigenvalue weighted by molar-refractivity contribution is 5.48. The van der Waals surface area contributed by atoms with Gasteiger partial charge in [-0.05, 0) is 25.8 Å². The Morgan fingerprint density at radius 2 is 2.00 bits per heavy atom. The van der Waals surface area contributed by atoms with Crippen LogP contribution in [0, 0.1) is 0 Å². The van der Waals surface area contributed by atoms with Gasteiger partial charge in [-0.1, -0.05) is 0 Å². The molecule has 0 bridgehead atoms. The maximum Gasteiger partial charge on any atom is 0.136 e. The number of anilines is 2. The van der Waals surface area contributed by atoms with Crippen LogP contribution in [0.5, 0.6) is 0 Å². The van der Waals surface area contributed by atoms with E-state index in [2.05, 4.69) is 32.6 Å². The predicted molar refractivity (Wildman–Crippen MR) is 78.7 cm³/mol. The summed E-state index contributed by atoms with van der Waals surface area (Å²) in [5, 5.41) is 10.8. The fraction of sp³-hybridized carbons (Fsp3) is 0.500. The lowest BCUT2D eigenvalue weighted by Crippen LogP contribution is -2.09. The Hall–Kier alpha value is -2.11. The second-order valence-corrected chi connectivity index (χ2v) is 5.10.